The van der Waals surface area contributed by atoms with Gasteiger partial charge in [-0.2, -0.15) is 0 Å². The van der Waals surface area contributed by atoms with E-state index in [1.807, 2.05) is 26.6 Å². The molecule has 0 rings (SSSR count). The lowest BCUT2D eigenvalue weighted by molar-refractivity contribution is 0.112. The molecule has 0 heterocycles. The van der Waals surface area contributed by atoms with Crippen molar-refractivity contribution in [2.45, 2.75) is 40.4 Å². The highest BCUT2D eigenvalue weighted by molar-refractivity contribution is 7.50. The molecule has 0 aliphatic rings. The van der Waals surface area contributed by atoms with Crippen molar-refractivity contribution in [2.75, 3.05) is 19.8 Å². The summed E-state index contributed by atoms with van der Waals surface area (Å²) in [6.45, 7) is 14.0. The predicted octanol–water partition coefficient (Wildman–Crippen LogP) is 4.06. The van der Waals surface area contributed by atoms with Crippen LogP contribution in [0.1, 0.15) is 20.8 Å². The van der Waals surface area contributed by atoms with E-state index in [4.69, 9.17) is 18.2 Å². The zero-order valence-electron chi connectivity index (χ0n) is 11.8. The fourth-order valence-corrected chi connectivity index (χ4v) is 2.84. The van der Waals surface area contributed by atoms with E-state index in [-0.39, 0.29) is 0 Å². The van der Waals surface area contributed by atoms with Crippen LogP contribution in [-0.4, -0.2) is 28.1 Å². The van der Waals surface area contributed by atoms with Crippen LogP contribution in [0.2, 0.25) is 19.6 Å². The van der Waals surface area contributed by atoms with Crippen LogP contribution >= 0.6 is 8.38 Å². The second kappa shape index (κ2) is 8.92. The van der Waals surface area contributed by atoms with Crippen LogP contribution < -0.4 is 0 Å². The maximum Gasteiger partial charge on any atom is 0.270 e. The summed E-state index contributed by atoms with van der Waals surface area (Å²) in [5.41, 5.74) is 0. The van der Waals surface area contributed by atoms with Crippen molar-refractivity contribution in [1.82, 2.24) is 0 Å². The van der Waals surface area contributed by atoms with Crippen LogP contribution in [0, 0.1) is 0 Å². The number of rotatable bonds is 9. The Hall–Kier alpha value is -0.0931. The first-order valence-corrected chi connectivity index (χ1v) is 10.7. The third-order valence-corrected chi connectivity index (χ3v) is 3.68. The van der Waals surface area contributed by atoms with Crippen molar-refractivity contribution in [3.05, 3.63) is 11.8 Å². The first-order chi connectivity index (χ1) is 7.92. The molecule has 0 aliphatic carbocycles. The molecule has 6 heteroatoms. The van der Waals surface area contributed by atoms with Gasteiger partial charge in [-0.25, -0.2) is 0 Å². The summed E-state index contributed by atoms with van der Waals surface area (Å²) in [5, 5.41) is 0. The van der Waals surface area contributed by atoms with Gasteiger partial charge in [-0.05, 0) is 40.4 Å². The van der Waals surface area contributed by atoms with Crippen molar-refractivity contribution in [3.8, 4) is 0 Å². The van der Waals surface area contributed by atoms with Crippen molar-refractivity contribution in [1.29, 1.82) is 0 Å². The lowest BCUT2D eigenvalue weighted by Gasteiger charge is -2.22. The van der Waals surface area contributed by atoms with Crippen LogP contribution in [0.4, 0.5) is 0 Å². The van der Waals surface area contributed by atoms with E-state index in [9.17, 15) is 0 Å². The zero-order chi connectivity index (χ0) is 13.3. The van der Waals surface area contributed by atoms with Crippen molar-refractivity contribution < 1.29 is 18.2 Å². The molecule has 0 aromatic heterocycles. The minimum Gasteiger partial charge on any atom is -0.520 e. The van der Waals surface area contributed by atoms with Crippen LogP contribution in [0.15, 0.2) is 11.8 Å². The Labute approximate surface area is 107 Å². The molecule has 4 nitrogen and oxygen atoms in total. The van der Waals surface area contributed by atoms with E-state index in [1.54, 1.807) is 0 Å². The summed E-state index contributed by atoms with van der Waals surface area (Å²) in [5.74, 6) is 2.36. The van der Waals surface area contributed by atoms with Crippen LogP contribution in [0.5, 0.6) is 0 Å². The fraction of sp³-hybridized carbons (Fsp3) is 0.818. The molecule has 0 radical (unpaired) electrons. The number of hydrogen-bond acceptors (Lipinski definition) is 4. The third-order valence-electron chi connectivity index (χ3n) is 1.42. The Morgan fingerprint density at radius 1 is 1.00 bits per heavy atom. The summed E-state index contributed by atoms with van der Waals surface area (Å²) in [7, 11) is -2.72. The number of hydrogen-bond donors (Lipinski definition) is 0. The van der Waals surface area contributed by atoms with E-state index < -0.39 is 16.7 Å². The summed E-state index contributed by atoms with van der Waals surface area (Å²) in [6.07, 6.45) is 0. The molecule has 0 saturated carbocycles. The standard InChI is InChI=1S/C11H25O4PSi/c1-7-12-11(15-17(4,5)6)10-16(13-8-2)14-9-3/h10H,7-9H2,1-6H3/b11-10+. The Kier molecular flexibility index (Phi) is 8.87. The lowest BCUT2D eigenvalue weighted by atomic mass is 10.8. The fourth-order valence-electron chi connectivity index (χ4n) is 0.989. The minimum atomic E-state index is -1.66. The molecule has 102 valence electrons. The number of ether oxygens (including phenoxy) is 1. The topological polar surface area (TPSA) is 36.9 Å². The Bertz CT molecular complexity index is 222. The maximum atomic E-state index is 5.84. The van der Waals surface area contributed by atoms with Gasteiger partial charge in [0.25, 0.3) is 5.95 Å². The van der Waals surface area contributed by atoms with Crippen molar-refractivity contribution >= 4 is 16.7 Å². The van der Waals surface area contributed by atoms with Crippen LogP contribution in [-0.2, 0) is 18.2 Å². The van der Waals surface area contributed by atoms with Crippen molar-refractivity contribution in [2.24, 2.45) is 0 Å². The molecule has 0 spiro atoms. The summed E-state index contributed by atoms with van der Waals surface area (Å²) in [6, 6.07) is 0. The molecule has 0 atom stereocenters. The van der Waals surface area contributed by atoms with Crippen molar-refractivity contribution in [3.63, 3.8) is 0 Å². The van der Waals surface area contributed by atoms with Gasteiger partial charge in [0.05, 0.1) is 25.6 Å². The predicted molar refractivity (Wildman–Crippen MR) is 74.3 cm³/mol. The molecule has 0 aromatic carbocycles. The highest BCUT2D eigenvalue weighted by Gasteiger charge is 2.20. The summed E-state index contributed by atoms with van der Waals surface area (Å²) < 4.78 is 22.3. The largest absolute Gasteiger partial charge is 0.520 e. The molecular formula is C11H25O4PSi. The first kappa shape index (κ1) is 16.9. The Morgan fingerprint density at radius 2 is 1.53 bits per heavy atom. The average Bonchev–Trinajstić information content (AvgIpc) is 2.16. The van der Waals surface area contributed by atoms with Gasteiger partial charge in [-0.15, -0.1) is 0 Å². The van der Waals surface area contributed by atoms with Gasteiger partial charge in [-0.1, -0.05) is 0 Å². The van der Waals surface area contributed by atoms with Gasteiger partial charge < -0.3 is 18.2 Å². The summed E-state index contributed by atoms with van der Waals surface area (Å²) >= 11 is 0. The smallest absolute Gasteiger partial charge is 0.270 e. The normalized spacial score (nSPS) is 13.0. The molecule has 0 aliphatic heterocycles. The Morgan fingerprint density at radius 3 is 1.88 bits per heavy atom. The van der Waals surface area contributed by atoms with Crippen LogP contribution in [0.3, 0.4) is 0 Å². The lowest BCUT2D eigenvalue weighted by Crippen LogP contribution is -2.25. The van der Waals surface area contributed by atoms with Crippen LogP contribution in [0.25, 0.3) is 0 Å². The molecule has 0 saturated heterocycles. The molecule has 0 fully saturated rings. The van der Waals surface area contributed by atoms with E-state index in [0.717, 1.165) is 0 Å². The molecule has 0 unspecified atom stereocenters. The molecular weight excluding hydrogens is 255 g/mol. The second-order valence-corrected chi connectivity index (χ2v) is 9.99. The Balaban J connectivity index is 4.61. The third kappa shape index (κ3) is 9.59. The maximum absolute atomic E-state index is 5.84. The molecule has 0 amide bonds. The van der Waals surface area contributed by atoms with Gasteiger partial charge in [0.15, 0.2) is 0 Å². The van der Waals surface area contributed by atoms with Gasteiger partial charge in [0, 0.05) is 0 Å². The SMILES string of the molecule is CCO/C(=C\P(OCC)OCC)O[Si](C)(C)C. The summed E-state index contributed by atoms with van der Waals surface area (Å²) in [4.78, 5) is 0. The monoisotopic (exact) mass is 280 g/mol. The van der Waals surface area contributed by atoms with E-state index >= 15 is 0 Å². The van der Waals surface area contributed by atoms with Gasteiger partial charge in [0.2, 0.25) is 16.7 Å². The van der Waals surface area contributed by atoms with Gasteiger partial charge in [-0.3, -0.25) is 0 Å². The van der Waals surface area contributed by atoms with E-state index in [1.165, 1.54) is 0 Å². The zero-order valence-corrected chi connectivity index (χ0v) is 13.7. The van der Waals surface area contributed by atoms with Gasteiger partial charge in [0.1, 0.15) is 0 Å². The quantitative estimate of drug-likeness (QED) is 0.362. The molecule has 17 heavy (non-hydrogen) atoms. The highest BCUT2D eigenvalue weighted by atomic mass is 31.2. The van der Waals surface area contributed by atoms with E-state index in [2.05, 4.69) is 19.6 Å². The highest BCUT2D eigenvalue weighted by Crippen LogP contribution is 2.41. The van der Waals surface area contributed by atoms with Gasteiger partial charge >= 0.3 is 0 Å². The molecule has 0 bridgehead atoms. The van der Waals surface area contributed by atoms with E-state index in [0.29, 0.717) is 25.8 Å². The molecule has 0 aromatic rings. The minimum absolute atomic E-state index is 0.541. The average molecular weight is 280 g/mol. The second-order valence-electron chi connectivity index (χ2n) is 4.22. The first-order valence-electron chi connectivity index (χ1n) is 6.01. The molecule has 0 N–H and O–H groups in total.